The van der Waals surface area contributed by atoms with E-state index in [0.717, 1.165) is 11.1 Å². The lowest BCUT2D eigenvalue weighted by Crippen LogP contribution is -2.49. The summed E-state index contributed by atoms with van der Waals surface area (Å²) in [6, 6.07) is 1.68. The summed E-state index contributed by atoms with van der Waals surface area (Å²) in [6.45, 7) is 1.48. The van der Waals surface area contributed by atoms with Crippen LogP contribution in [-0.2, 0) is 13.0 Å². The van der Waals surface area contributed by atoms with E-state index in [-0.39, 0.29) is 12.3 Å². The van der Waals surface area contributed by atoms with E-state index < -0.39 is 11.8 Å². The van der Waals surface area contributed by atoms with Gasteiger partial charge in [-0.05, 0) is 24.1 Å². The van der Waals surface area contributed by atoms with E-state index in [1.54, 1.807) is 0 Å². The average Bonchev–Trinajstić information content (AvgIpc) is 2.35. The van der Waals surface area contributed by atoms with Gasteiger partial charge in [-0.2, -0.15) is 0 Å². The maximum absolute atomic E-state index is 13.4. The summed E-state index contributed by atoms with van der Waals surface area (Å²) in [4.78, 5) is 11.6. The molecule has 0 heterocycles. The molecular weight excluding hydrogens is 239 g/mol. The molecule has 0 aromatic heterocycles. The number of aliphatic hydroxyl groups excluding tert-OH is 1. The molecule has 0 aliphatic carbocycles. The standard InChI is InChI=1S/C11H17FN4O2/c1-3-7-4-8(12)5-10(9(7)6-17)16(14)11(18)15(2)13/h4-5,17H,3,6,13-14H2,1-2H3. The first-order chi connectivity index (χ1) is 8.42. The number of halogens is 1. The van der Waals surface area contributed by atoms with E-state index in [9.17, 15) is 14.3 Å². The number of rotatable bonds is 3. The SMILES string of the molecule is CCc1cc(F)cc(N(N)C(=O)N(C)N)c1CO. The second-order valence-corrected chi connectivity index (χ2v) is 3.84. The first-order valence-corrected chi connectivity index (χ1v) is 5.41. The Labute approximate surface area is 105 Å². The van der Waals surface area contributed by atoms with E-state index >= 15 is 0 Å². The van der Waals surface area contributed by atoms with Gasteiger partial charge in [0.2, 0.25) is 0 Å². The van der Waals surface area contributed by atoms with Crippen molar-refractivity contribution in [2.24, 2.45) is 11.7 Å². The fourth-order valence-corrected chi connectivity index (χ4v) is 1.66. The molecule has 0 radical (unpaired) electrons. The van der Waals surface area contributed by atoms with E-state index in [1.807, 2.05) is 6.92 Å². The van der Waals surface area contributed by atoms with Gasteiger partial charge < -0.3 is 5.11 Å². The Morgan fingerprint density at radius 2 is 2.06 bits per heavy atom. The second-order valence-electron chi connectivity index (χ2n) is 3.84. The molecule has 1 aromatic carbocycles. The molecule has 0 spiro atoms. The lowest BCUT2D eigenvalue weighted by atomic mass is 10.0. The van der Waals surface area contributed by atoms with E-state index in [4.69, 9.17) is 11.7 Å². The molecule has 6 nitrogen and oxygen atoms in total. The minimum atomic E-state index is -0.711. The zero-order valence-corrected chi connectivity index (χ0v) is 10.4. The molecule has 100 valence electrons. The fraction of sp³-hybridized carbons (Fsp3) is 0.364. The highest BCUT2D eigenvalue weighted by Crippen LogP contribution is 2.25. The van der Waals surface area contributed by atoms with Crippen molar-refractivity contribution in [3.63, 3.8) is 0 Å². The Bertz CT molecular complexity index is 451. The summed E-state index contributed by atoms with van der Waals surface area (Å²) >= 11 is 0. The number of aryl methyl sites for hydroxylation is 1. The van der Waals surface area contributed by atoms with Crippen LogP contribution in [0.5, 0.6) is 0 Å². The van der Waals surface area contributed by atoms with Gasteiger partial charge in [-0.1, -0.05) is 6.92 Å². The number of anilines is 1. The highest BCUT2D eigenvalue weighted by molar-refractivity contribution is 5.91. The summed E-state index contributed by atoms with van der Waals surface area (Å²) in [6.07, 6.45) is 0.515. The van der Waals surface area contributed by atoms with Gasteiger partial charge in [0.15, 0.2) is 0 Å². The summed E-state index contributed by atoms with van der Waals surface area (Å²) in [5, 5.41) is 10.8. The second kappa shape index (κ2) is 5.76. The van der Waals surface area contributed by atoms with Gasteiger partial charge in [-0.3, -0.25) is 5.01 Å². The molecule has 7 heteroatoms. The number of hydrogen-bond donors (Lipinski definition) is 3. The maximum Gasteiger partial charge on any atom is 0.352 e. The van der Waals surface area contributed by atoms with Crippen LogP contribution >= 0.6 is 0 Å². The molecule has 0 atom stereocenters. The minimum absolute atomic E-state index is 0.108. The quantitative estimate of drug-likeness (QED) is 0.416. The first-order valence-electron chi connectivity index (χ1n) is 5.41. The van der Waals surface area contributed by atoms with Crippen molar-refractivity contribution >= 4 is 11.7 Å². The fourth-order valence-electron chi connectivity index (χ4n) is 1.66. The van der Waals surface area contributed by atoms with Crippen LogP contribution in [0.2, 0.25) is 0 Å². The molecule has 18 heavy (non-hydrogen) atoms. The first kappa shape index (κ1) is 14.4. The van der Waals surface area contributed by atoms with Crippen LogP contribution in [0.25, 0.3) is 0 Å². The van der Waals surface area contributed by atoms with Crippen molar-refractivity contribution in [1.82, 2.24) is 5.01 Å². The van der Waals surface area contributed by atoms with Crippen molar-refractivity contribution in [3.8, 4) is 0 Å². The van der Waals surface area contributed by atoms with E-state index in [0.29, 0.717) is 22.6 Å². The molecular formula is C11H17FN4O2. The number of hydrazine groups is 2. The third-order valence-electron chi connectivity index (χ3n) is 2.59. The third-order valence-corrected chi connectivity index (χ3v) is 2.59. The predicted octanol–water partition coefficient (Wildman–Crippen LogP) is 0.486. The zero-order valence-electron chi connectivity index (χ0n) is 10.4. The van der Waals surface area contributed by atoms with Crippen molar-refractivity contribution in [2.45, 2.75) is 20.0 Å². The molecule has 1 rings (SSSR count). The van der Waals surface area contributed by atoms with Gasteiger partial charge in [0.25, 0.3) is 0 Å². The number of benzene rings is 1. The Kier molecular flexibility index (Phi) is 4.60. The minimum Gasteiger partial charge on any atom is -0.392 e. The molecule has 0 saturated carbocycles. The molecule has 0 aliphatic rings. The average molecular weight is 256 g/mol. The topological polar surface area (TPSA) is 95.8 Å². The normalized spacial score (nSPS) is 10.3. The van der Waals surface area contributed by atoms with Crippen LogP contribution < -0.4 is 16.7 Å². The monoisotopic (exact) mass is 256 g/mol. The largest absolute Gasteiger partial charge is 0.392 e. The van der Waals surface area contributed by atoms with Crippen molar-refractivity contribution < 1.29 is 14.3 Å². The number of hydrogen-bond acceptors (Lipinski definition) is 4. The van der Waals surface area contributed by atoms with Crippen LogP contribution in [0, 0.1) is 5.82 Å². The Morgan fingerprint density at radius 1 is 1.44 bits per heavy atom. The number of carbonyl (C=O) groups excluding carboxylic acids is 1. The van der Waals surface area contributed by atoms with Crippen molar-refractivity contribution in [3.05, 3.63) is 29.1 Å². The zero-order chi connectivity index (χ0) is 13.9. The predicted molar refractivity (Wildman–Crippen MR) is 65.7 cm³/mol. The number of amides is 2. The molecule has 0 saturated heterocycles. The van der Waals surface area contributed by atoms with Crippen molar-refractivity contribution in [1.29, 1.82) is 0 Å². The highest BCUT2D eigenvalue weighted by Gasteiger charge is 2.20. The molecule has 0 aliphatic heterocycles. The Hall–Kier alpha value is -1.70. The van der Waals surface area contributed by atoms with Crippen LogP contribution in [0.15, 0.2) is 12.1 Å². The van der Waals surface area contributed by atoms with E-state index in [2.05, 4.69) is 0 Å². The van der Waals surface area contributed by atoms with Gasteiger partial charge in [0, 0.05) is 12.6 Å². The smallest absolute Gasteiger partial charge is 0.352 e. The Morgan fingerprint density at radius 3 is 2.50 bits per heavy atom. The van der Waals surface area contributed by atoms with Gasteiger partial charge in [-0.15, -0.1) is 0 Å². The number of carbonyl (C=O) groups is 1. The van der Waals surface area contributed by atoms with Crippen molar-refractivity contribution in [2.75, 3.05) is 12.1 Å². The highest BCUT2D eigenvalue weighted by atomic mass is 19.1. The lowest BCUT2D eigenvalue weighted by Gasteiger charge is -2.24. The van der Waals surface area contributed by atoms with Gasteiger partial charge in [0.1, 0.15) is 5.82 Å². The molecule has 2 amide bonds. The maximum atomic E-state index is 13.4. The summed E-state index contributed by atoms with van der Waals surface area (Å²) in [7, 11) is 1.32. The van der Waals surface area contributed by atoms with Gasteiger partial charge in [-0.25, -0.2) is 25.9 Å². The molecule has 0 fully saturated rings. The third kappa shape index (κ3) is 2.76. The number of nitrogens with two attached hydrogens (primary N) is 2. The van der Waals surface area contributed by atoms with E-state index in [1.165, 1.54) is 13.1 Å². The van der Waals surface area contributed by atoms with Crippen LogP contribution in [-0.4, -0.2) is 23.2 Å². The molecule has 1 aromatic rings. The number of urea groups is 1. The van der Waals surface area contributed by atoms with Gasteiger partial charge in [0.05, 0.1) is 12.3 Å². The summed E-state index contributed by atoms with van der Waals surface area (Å²) in [5.74, 6) is 10.3. The van der Waals surface area contributed by atoms with Crippen LogP contribution in [0.3, 0.4) is 0 Å². The van der Waals surface area contributed by atoms with Gasteiger partial charge >= 0.3 is 6.03 Å². The summed E-state index contributed by atoms with van der Waals surface area (Å²) < 4.78 is 13.4. The Balaban J connectivity index is 3.30. The summed E-state index contributed by atoms with van der Waals surface area (Å²) in [5.41, 5.74) is 1.11. The van der Waals surface area contributed by atoms with Crippen LogP contribution in [0.4, 0.5) is 14.9 Å². The lowest BCUT2D eigenvalue weighted by molar-refractivity contribution is 0.216. The molecule has 0 bridgehead atoms. The number of aliphatic hydroxyl groups is 1. The van der Waals surface area contributed by atoms with Crippen LogP contribution in [0.1, 0.15) is 18.1 Å². The number of nitrogens with zero attached hydrogens (tertiary/aromatic N) is 2. The molecule has 0 unspecified atom stereocenters. The molecule has 5 N–H and O–H groups in total.